The number of fused-ring (bicyclic) bond motifs is 1. The van der Waals surface area contributed by atoms with Crippen molar-refractivity contribution in [3.63, 3.8) is 0 Å². The van der Waals surface area contributed by atoms with E-state index in [4.69, 9.17) is 11.6 Å². The molecule has 0 saturated carbocycles. The van der Waals surface area contributed by atoms with Crippen molar-refractivity contribution >= 4 is 23.6 Å². The highest BCUT2D eigenvalue weighted by molar-refractivity contribution is 6.30. The van der Waals surface area contributed by atoms with E-state index in [-0.39, 0.29) is 5.91 Å². The molecule has 2 aliphatic rings. The molecule has 128 valence electrons. The number of hydrogen-bond donors (Lipinski definition) is 0. The van der Waals surface area contributed by atoms with Gasteiger partial charge in [0.2, 0.25) is 5.91 Å². The number of amides is 1. The molecule has 4 heteroatoms. The van der Waals surface area contributed by atoms with Gasteiger partial charge < -0.3 is 4.90 Å². The molecule has 4 rings (SSSR count). The van der Waals surface area contributed by atoms with Crippen LogP contribution < -0.4 is 0 Å². The summed E-state index contributed by atoms with van der Waals surface area (Å²) in [4.78, 5) is 16.7. The number of carbonyl (C=O) groups is 1. The SMILES string of the molecule is O=C(/C=C/c1ccc(Cl)cc1)N1CC(N2CCc3ccccc3C2)C1. The van der Waals surface area contributed by atoms with E-state index >= 15 is 0 Å². The lowest BCUT2D eigenvalue weighted by atomic mass is 9.96. The van der Waals surface area contributed by atoms with E-state index in [2.05, 4.69) is 29.2 Å². The van der Waals surface area contributed by atoms with Crippen LogP contribution in [-0.4, -0.2) is 41.4 Å². The van der Waals surface area contributed by atoms with Crippen LogP contribution in [0.15, 0.2) is 54.6 Å². The lowest BCUT2D eigenvalue weighted by Crippen LogP contribution is -2.61. The molecule has 2 aromatic carbocycles. The molecule has 1 saturated heterocycles. The van der Waals surface area contributed by atoms with Crippen molar-refractivity contribution in [2.45, 2.75) is 19.0 Å². The minimum Gasteiger partial charge on any atom is -0.336 e. The average molecular weight is 353 g/mol. The standard InChI is InChI=1S/C21H21ClN2O/c22-19-8-5-16(6-9-19)7-10-21(25)24-14-20(15-24)23-12-11-17-3-1-2-4-18(17)13-23/h1-10,20H,11-15H2/b10-7+. The van der Waals surface area contributed by atoms with Crippen LogP contribution in [0.2, 0.25) is 5.02 Å². The number of nitrogens with zero attached hydrogens (tertiary/aromatic N) is 2. The zero-order valence-electron chi connectivity index (χ0n) is 14.1. The van der Waals surface area contributed by atoms with Crippen LogP contribution in [0.25, 0.3) is 6.08 Å². The number of carbonyl (C=O) groups excluding carboxylic acids is 1. The Morgan fingerprint density at radius 1 is 1.04 bits per heavy atom. The van der Waals surface area contributed by atoms with Crippen molar-refractivity contribution in [3.05, 3.63) is 76.3 Å². The Balaban J connectivity index is 1.30. The largest absolute Gasteiger partial charge is 0.336 e. The maximum atomic E-state index is 12.3. The zero-order chi connectivity index (χ0) is 17.2. The summed E-state index contributed by atoms with van der Waals surface area (Å²) in [6, 6.07) is 16.7. The molecule has 1 fully saturated rings. The molecule has 0 radical (unpaired) electrons. The molecule has 0 unspecified atom stereocenters. The van der Waals surface area contributed by atoms with E-state index in [9.17, 15) is 4.79 Å². The highest BCUT2D eigenvalue weighted by atomic mass is 35.5. The number of halogens is 1. The molecule has 0 aliphatic carbocycles. The first-order chi connectivity index (χ1) is 12.2. The fourth-order valence-corrected chi connectivity index (χ4v) is 3.67. The lowest BCUT2D eigenvalue weighted by Gasteiger charge is -2.46. The van der Waals surface area contributed by atoms with E-state index in [1.807, 2.05) is 35.2 Å². The third-order valence-corrected chi connectivity index (χ3v) is 5.39. The quantitative estimate of drug-likeness (QED) is 0.788. The second kappa shape index (κ2) is 7.03. The summed E-state index contributed by atoms with van der Waals surface area (Å²) < 4.78 is 0. The van der Waals surface area contributed by atoms with Crippen LogP contribution in [0, 0.1) is 0 Å². The Hall–Kier alpha value is -2.10. The second-order valence-electron chi connectivity index (χ2n) is 6.77. The van der Waals surface area contributed by atoms with Crippen molar-refractivity contribution < 1.29 is 4.79 Å². The number of hydrogen-bond acceptors (Lipinski definition) is 2. The molecule has 0 spiro atoms. The molecule has 0 atom stereocenters. The highest BCUT2D eigenvalue weighted by Crippen LogP contribution is 2.24. The molecular formula is C21H21ClN2O. The molecule has 25 heavy (non-hydrogen) atoms. The topological polar surface area (TPSA) is 23.6 Å². The smallest absolute Gasteiger partial charge is 0.246 e. The van der Waals surface area contributed by atoms with Gasteiger partial charge in [-0.25, -0.2) is 0 Å². The van der Waals surface area contributed by atoms with Crippen LogP contribution in [0.5, 0.6) is 0 Å². The molecule has 0 aromatic heterocycles. The van der Waals surface area contributed by atoms with Crippen molar-refractivity contribution in [2.24, 2.45) is 0 Å². The highest BCUT2D eigenvalue weighted by Gasteiger charge is 2.35. The van der Waals surface area contributed by atoms with Gasteiger partial charge in [0.15, 0.2) is 0 Å². The van der Waals surface area contributed by atoms with Crippen molar-refractivity contribution in [2.75, 3.05) is 19.6 Å². The first-order valence-electron chi connectivity index (χ1n) is 8.72. The van der Waals surface area contributed by atoms with Gasteiger partial charge in [0.1, 0.15) is 0 Å². The summed E-state index contributed by atoms with van der Waals surface area (Å²) in [7, 11) is 0. The normalized spacial score (nSPS) is 18.2. The van der Waals surface area contributed by atoms with Crippen LogP contribution in [-0.2, 0) is 17.8 Å². The summed E-state index contributed by atoms with van der Waals surface area (Å²) in [6.45, 7) is 3.74. The molecule has 2 aromatic rings. The third kappa shape index (κ3) is 3.63. The van der Waals surface area contributed by atoms with E-state index in [1.165, 1.54) is 11.1 Å². The summed E-state index contributed by atoms with van der Waals surface area (Å²) in [6.07, 6.45) is 4.62. The van der Waals surface area contributed by atoms with Gasteiger partial charge in [-0.1, -0.05) is 48.0 Å². The molecule has 3 nitrogen and oxygen atoms in total. The van der Waals surface area contributed by atoms with Gasteiger partial charge in [0, 0.05) is 43.3 Å². The predicted molar refractivity (Wildman–Crippen MR) is 101 cm³/mol. The third-order valence-electron chi connectivity index (χ3n) is 5.14. The minimum atomic E-state index is 0.0867. The average Bonchev–Trinajstić information content (AvgIpc) is 2.60. The van der Waals surface area contributed by atoms with Gasteiger partial charge in [-0.3, -0.25) is 9.69 Å². The van der Waals surface area contributed by atoms with E-state index in [0.717, 1.165) is 38.2 Å². The predicted octanol–water partition coefficient (Wildman–Crippen LogP) is 3.62. The Morgan fingerprint density at radius 3 is 2.52 bits per heavy atom. The van der Waals surface area contributed by atoms with Gasteiger partial charge in [-0.05, 0) is 41.3 Å². The first kappa shape index (κ1) is 16.4. The summed E-state index contributed by atoms with van der Waals surface area (Å²) >= 11 is 5.87. The monoisotopic (exact) mass is 352 g/mol. The Bertz CT molecular complexity index is 794. The molecule has 1 amide bonds. The van der Waals surface area contributed by atoms with Gasteiger partial charge in [0.25, 0.3) is 0 Å². The Labute approximate surface area is 153 Å². The number of rotatable bonds is 3. The maximum absolute atomic E-state index is 12.3. The van der Waals surface area contributed by atoms with E-state index < -0.39 is 0 Å². The van der Waals surface area contributed by atoms with Crippen LogP contribution >= 0.6 is 11.6 Å². The van der Waals surface area contributed by atoms with Crippen molar-refractivity contribution in [1.82, 2.24) is 9.80 Å². The summed E-state index contributed by atoms with van der Waals surface area (Å²) in [5.41, 5.74) is 3.89. The van der Waals surface area contributed by atoms with E-state index in [0.29, 0.717) is 11.1 Å². The van der Waals surface area contributed by atoms with E-state index in [1.54, 1.807) is 6.08 Å². The van der Waals surface area contributed by atoms with Crippen molar-refractivity contribution in [1.29, 1.82) is 0 Å². The Morgan fingerprint density at radius 2 is 1.76 bits per heavy atom. The van der Waals surface area contributed by atoms with Gasteiger partial charge >= 0.3 is 0 Å². The zero-order valence-corrected chi connectivity index (χ0v) is 14.8. The number of benzene rings is 2. The molecule has 2 heterocycles. The lowest BCUT2D eigenvalue weighted by molar-refractivity contribution is -0.133. The van der Waals surface area contributed by atoms with Crippen LogP contribution in [0.3, 0.4) is 0 Å². The van der Waals surface area contributed by atoms with Crippen molar-refractivity contribution in [3.8, 4) is 0 Å². The molecule has 2 aliphatic heterocycles. The molecule has 0 N–H and O–H groups in total. The molecular weight excluding hydrogens is 332 g/mol. The van der Waals surface area contributed by atoms with Gasteiger partial charge in [-0.15, -0.1) is 0 Å². The van der Waals surface area contributed by atoms with Crippen LogP contribution in [0.1, 0.15) is 16.7 Å². The summed E-state index contributed by atoms with van der Waals surface area (Å²) in [5, 5.41) is 0.706. The van der Waals surface area contributed by atoms with Gasteiger partial charge in [0.05, 0.1) is 0 Å². The van der Waals surface area contributed by atoms with Crippen LogP contribution in [0.4, 0.5) is 0 Å². The maximum Gasteiger partial charge on any atom is 0.246 e. The number of likely N-dealkylation sites (tertiary alicyclic amines) is 1. The fourth-order valence-electron chi connectivity index (χ4n) is 3.54. The van der Waals surface area contributed by atoms with Gasteiger partial charge in [-0.2, -0.15) is 0 Å². The fraction of sp³-hybridized carbons (Fsp3) is 0.286. The second-order valence-corrected chi connectivity index (χ2v) is 7.21. The molecule has 0 bridgehead atoms. The Kier molecular flexibility index (Phi) is 4.60. The first-order valence-corrected chi connectivity index (χ1v) is 9.10. The minimum absolute atomic E-state index is 0.0867. The summed E-state index contributed by atoms with van der Waals surface area (Å²) in [5.74, 6) is 0.0867.